The summed E-state index contributed by atoms with van der Waals surface area (Å²) in [7, 11) is 0. The van der Waals surface area contributed by atoms with Crippen molar-refractivity contribution in [1.29, 1.82) is 0 Å². The van der Waals surface area contributed by atoms with Crippen molar-refractivity contribution in [3.8, 4) is 11.5 Å². The van der Waals surface area contributed by atoms with Crippen molar-refractivity contribution < 1.29 is 19.7 Å². The molecule has 1 heterocycles. The molecule has 1 aliphatic heterocycles. The van der Waals surface area contributed by atoms with E-state index in [-0.39, 0.29) is 12.3 Å². The zero-order valence-electron chi connectivity index (χ0n) is 12.7. The largest absolute Gasteiger partial charge is 0.507 e. The van der Waals surface area contributed by atoms with Crippen LogP contribution in [0.2, 0.25) is 0 Å². The number of carboxylic acids is 1. The minimum Gasteiger partial charge on any atom is -0.507 e. The summed E-state index contributed by atoms with van der Waals surface area (Å²) in [6.07, 6.45) is 0.689. The van der Waals surface area contributed by atoms with E-state index in [1.165, 1.54) is 0 Å². The van der Waals surface area contributed by atoms with Crippen molar-refractivity contribution in [3.63, 3.8) is 0 Å². The number of hydrogen-bond donors (Lipinski definition) is 2. The Balaban J connectivity index is 2.55. The molecule has 4 nitrogen and oxygen atoms in total. The molecule has 1 aliphatic rings. The van der Waals surface area contributed by atoms with E-state index in [9.17, 15) is 9.90 Å². The maximum atomic E-state index is 11.0. The Kier molecular flexibility index (Phi) is 3.44. The summed E-state index contributed by atoms with van der Waals surface area (Å²) in [5.41, 5.74) is 2.98. The molecule has 0 radical (unpaired) electrons. The second kappa shape index (κ2) is 4.69. The van der Waals surface area contributed by atoms with E-state index in [0.717, 1.165) is 28.0 Å². The Labute approximate surface area is 119 Å². The van der Waals surface area contributed by atoms with E-state index >= 15 is 0 Å². The standard InChI is InChI=1S/C16H22O4/c1-8-9(2)15-12(10(3)14(8)19)6-11(7-13(17)18)16(4,5)20-15/h11,19H,6-7H2,1-5H3,(H,17,18). The van der Waals surface area contributed by atoms with Crippen LogP contribution in [0.1, 0.15) is 42.5 Å². The van der Waals surface area contributed by atoms with Crippen molar-refractivity contribution in [2.75, 3.05) is 0 Å². The number of carbonyl (C=O) groups is 1. The van der Waals surface area contributed by atoms with Gasteiger partial charge >= 0.3 is 5.97 Å². The van der Waals surface area contributed by atoms with Gasteiger partial charge in [-0.2, -0.15) is 0 Å². The maximum absolute atomic E-state index is 11.0. The van der Waals surface area contributed by atoms with Gasteiger partial charge in [0.15, 0.2) is 0 Å². The maximum Gasteiger partial charge on any atom is 0.303 e. The molecule has 0 saturated heterocycles. The number of fused-ring (bicyclic) bond motifs is 1. The molecule has 0 spiro atoms. The van der Waals surface area contributed by atoms with Gasteiger partial charge in [-0.3, -0.25) is 4.79 Å². The summed E-state index contributed by atoms with van der Waals surface area (Å²) in [5.74, 6) is 0.177. The molecule has 1 atom stereocenters. The number of carboxylic acid groups (broad SMARTS) is 1. The van der Waals surface area contributed by atoms with Crippen molar-refractivity contribution in [2.24, 2.45) is 5.92 Å². The molecule has 1 unspecified atom stereocenters. The van der Waals surface area contributed by atoms with Gasteiger partial charge in [-0.25, -0.2) is 0 Å². The second-order valence-electron chi connectivity index (χ2n) is 6.24. The van der Waals surface area contributed by atoms with Crippen LogP contribution >= 0.6 is 0 Å². The van der Waals surface area contributed by atoms with Gasteiger partial charge in [0, 0.05) is 11.5 Å². The van der Waals surface area contributed by atoms with Gasteiger partial charge in [0.1, 0.15) is 17.1 Å². The summed E-state index contributed by atoms with van der Waals surface area (Å²) in [4.78, 5) is 11.0. The van der Waals surface area contributed by atoms with E-state index in [2.05, 4.69) is 0 Å². The van der Waals surface area contributed by atoms with E-state index in [1.807, 2.05) is 34.6 Å². The molecule has 2 N–H and O–H groups in total. The molecule has 1 aromatic carbocycles. The molecule has 0 fully saturated rings. The van der Waals surface area contributed by atoms with E-state index in [1.54, 1.807) is 0 Å². The highest BCUT2D eigenvalue weighted by atomic mass is 16.5. The lowest BCUT2D eigenvalue weighted by Crippen LogP contribution is -2.43. The number of aliphatic carboxylic acids is 1. The SMILES string of the molecule is Cc1c(C)c2c(c(C)c1O)CC(CC(=O)O)C(C)(C)O2. The average Bonchev–Trinajstić information content (AvgIpc) is 2.35. The molecule has 2 rings (SSSR count). The molecule has 0 aromatic heterocycles. The Morgan fingerprint density at radius 1 is 1.25 bits per heavy atom. The molecule has 0 aliphatic carbocycles. The molecule has 20 heavy (non-hydrogen) atoms. The predicted octanol–water partition coefficient (Wildman–Crippen LogP) is 3.12. The first-order chi connectivity index (χ1) is 9.15. The van der Waals surface area contributed by atoms with Crippen LogP contribution in [-0.2, 0) is 11.2 Å². The van der Waals surface area contributed by atoms with E-state index in [0.29, 0.717) is 12.2 Å². The second-order valence-corrected chi connectivity index (χ2v) is 6.24. The van der Waals surface area contributed by atoms with Crippen molar-refractivity contribution in [3.05, 3.63) is 22.3 Å². The average molecular weight is 278 g/mol. The lowest BCUT2D eigenvalue weighted by atomic mass is 9.78. The van der Waals surface area contributed by atoms with Gasteiger partial charge in [0.2, 0.25) is 0 Å². The van der Waals surface area contributed by atoms with Crippen molar-refractivity contribution >= 4 is 5.97 Å². The molecule has 0 saturated carbocycles. The quantitative estimate of drug-likeness (QED) is 0.872. The third-order valence-corrected chi connectivity index (χ3v) is 4.56. The van der Waals surface area contributed by atoms with Crippen LogP contribution in [0.15, 0.2) is 0 Å². The predicted molar refractivity (Wildman–Crippen MR) is 76.5 cm³/mol. The summed E-state index contributed by atoms with van der Waals surface area (Å²) in [6.45, 7) is 9.53. The minimum absolute atomic E-state index is 0.0690. The lowest BCUT2D eigenvalue weighted by Gasteiger charge is -2.41. The van der Waals surface area contributed by atoms with Crippen LogP contribution in [-0.4, -0.2) is 21.8 Å². The summed E-state index contributed by atoms with van der Waals surface area (Å²) < 4.78 is 6.11. The zero-order valence-corrected chi connectivity index (χ0v) is 12.7. The highest BCUT2D eigenvalue weighted by Gasteiger charge is 2.40. The molecule has 1 aromatic rings. The Morgan fingerprint density at radius 2 is 1.85 bits per heavy atom. The summed E-state index contributed by atoms with van der Waals surface area (Å²) in [6, 6.07) is 0. The van der Waals surface area contributed by atoms with Gasteiger partial charge < -0.3 is 14.9 Å². The van der Waals surface area contributed by atoms with Crippen LogP contribution in [0.25, 0.3) is 0 Å². The highest BCUT2D eigenvalue weighted by Crippen LogP contribution is 2.45. The third kappa shape index (κ3) is 2.23. The first kappa shape index (κ1) is 14.7. The number of rotatable bonds is 2. The number of ether oxygens (including phenoxy) is 1. The third-order valence-electron chi connectivity index (χ3n) is 4.56. The summed E-state index contributed by atoms with van der Waals surface area (Å²) in [5, 5.41) is 19.2. The molecule has 110 valence electrons. The van der Waals surface area contributed by atoms with Gasteiger partial charge in [-0.1, -0.05) is 0 Å². The number of aromatic hydroxyl groups is 1. The summed E-state index contributed by atoms with van der Waals surface area (Å²) >= 11 is 0. The highest BCUT2D eigenvalue weighted by molar-refractivity contribution is 5.68. The number of benzene rings is 1. The Hall–Kier alpha value is -1.71. The molecule has 0 amide bonds. The zero-order chi connectivity index (χ0) is 15.2. The Bertz CT molecular complexity index is 573. The van der Waals surface area contributed by atoms with Gasteiger partial charge in [-0.15, -0.1) is 0 Å². The van der Waals surface area contributed by atoms with Crippen LogP contribution in [0, 0.1) is 26.7 Å². The lowest BCUT2D eigenvalue weighted by molar-refractivity contribution is -0.140. The first-order valence-corrected chi connectivity index (χ1v) is 6.87. The number of phenolic OH excluding ortho intramolecular Hbond substituents is 1. The monoisotopic (exact) mass is 278 g/mol. The van der Waals surface area contributed by atoms with Crippen molar-refractivity contribution in [2.45, 2.75) is 53.1 Å². The number of phenols is 1. The Morgan fingerprint density at radius 3 is 2.40 bits per heavy atom. The normalized spacial score (nSPS) is 20.1. The van der Waals surface area contributed by atoms with Crippen LogP contribution < -0.4 is 4.74 Å². The van der Waals surface area contributed by atoms with Gasteiger partial charge in [-0.05, 0) is 57.7 Å². The molecular weight excluding hydrogens is 256 g/mol. The first-order valence-electron chi connectivity index (χ1n) is 6.87. The topological polar surface area (TPSA) is 66.8 Å². The van der Waals surface area contributed by atoms with Gasteiger partial charge in [0.25, 0.3) is 0 Å². The fraction of sp³-hybridized carbons (Fsp3) is 0.562. The molecule has 0 bridgehead atoms. The number of hydrogen-bond acceptors (Lipinski definition) is 3. The smallest absolute Gasteiger partial charge is 0.303 e. The van der Waals surface area contributed by atoms with E-state index < -0.39 is 11.6 Å². The van der Waals surface area contributed by atoms with Crippen molar-refractivity contribution in [1.82, 2.24) is 0 Å². The fourth-order valence-corrected chi connectivity index (χ4v) is 2.92. The van der Waals surface area contributed by atoms with Gasteiger partial charge in [0.05, 0.1) is 6.42 Å². The van der Waals surface area contributed by atoms with Crippen LogP contribution in [0.5, 0.6) is 11.5 Å². The van der Waals surface area contributed by atoms with E-state index in [4.69, 9.17) is 9.84 Å². The minimum atomic E-state index is -0.819. The van der Waals surface area contributed by atoms with Crippen LogP contribution in [0.3, 0.4) is 0 Å². The van der Waals surface area contributed by atoms with Crippen LogP contribution in [0.4, 0.5) is 0 Å². The molecule has 4 heteroatoms. The fourth-order valence-electron chi connectivity index (χ4n) is 2.92. The molecular formula is C16H22O4.